The number of amides is 1. The van der Waals surface area contributed by atoms with Crippen LogP contribution in [-0.4, -0.2) is 31.5 Å². The fourth-order valence-corrected chi connectivity index (χ4v) is 4.34. The summed E-state index contributed by atoms with van der Waals surface area (Å²) in [5.74, 6) is -0.552. The number of hydrogen-bond acceptors (Lipinski definition) is 5. The molecule has 0 unspecified atom stereocenters. The van der Waals surface area contributed by atoms with Gasteiger partial charge in [-0.25, -0.2) is 13.1 Å². The summed E-state index contributed by atoms with van der Waals surface area (Å²) in [6, 6.07) is 6.43. The molecule has 146 valence electrons. The predicted molar refractivity (Wildman–Crippen MR) is 104 cm³/mol. The van der Waals surface area contributed by atoms with Crippen LogP contribution >= 0.6 is 0 Å². The molecule has 1 aromatic carbocycles. The first-order valence-corrected chi connectivity index (χ1v) is 9.94. The van der Waals surface area contributed by atoms with Crippen LogP contribution in [0.2, 0.25) is 0 Å². The Labute approximate surface area is 163 Å². The minimum atomic E-state index is -3.88. The Kier molecular flexibility index (Phi) is 5.02. The minimum absolute atomic E-state index is 0.0103. The molecule has 1 amide bonds. The Morgan fingerprint density at radius 2 is 2.18 bits per heavy atom. The lowest BCUT2D eigenvalue weighted by Crippen LogP contribution is -2.37. The second-order valence-electron chi connectivity index (χ2n) is 6.71. The summed E-state index contributed by atoms with van der Waals surface area (Å²) < 4.78 is 35.0. The number of carbonyl (C=O) groups is 1. The van der Waals surface area contributed by atoms with Gasteiger partial charge in [0.25, 0.3) is 5.91 Å². The van der Waals surface area contributed by atoms with E-state index in [0.717, 1.165) is 5.56 Å². The maximum absolute atomic E-state index is 12.9. The lowest BCUT2D eigenvalue weighted by molar-refractivity contribution is 0.101. The molecule has 2 N–H and O–H groups in total. The maximum atomic E-state index is 12.9. The van der Waals surface area contributed by atoms with Gasteiger partial charge >= 0.3 is 0 Å². The molecule has 0 spiro atoms. The zero-order chi connectivity index (χ0) is 20.6. The summed E-state index contributed by atoms with van der Waals surface area (Å²) in [7, 11) is -2.31. The molecule has 0 bridgehead atoms. The number of nitriles is 1. The number of nitrogens with zero attached hydrogens (tertiary/aromatic N) is 2. The first-order valence-electron chi connectivity index (χ1n) is 8.46. The van der Waals surface area contributed by atoms with E-state index in [1.807, 2.05) is 0 Å². The molecule has 28 heavy (non-hydrogen) atoms. The molecule has 0 saturated heterocycles. The van der Waals surface area contributed by atoms with E-state index in [1.54, 1.807) is 39.1 Å². The summed E-state index contributed by atoms with van der Waals surface area (Å²) in [6.07, 6.45) is 1.34. The summed E-state index contributed by atoms with van der Waals surface area (Å²) in [5, 5.41) is 11.8. The molecule has 0 saturated carbocycles. The van der Waals surface area contributed by atoms with Crippen molar-refractivity contribution >= 4 is 21.6 Å². The smallest absolute Gasteiger partial charge is 0.276 e. The second-order valence-corrected chi connectivity index (χ2v) is 8.39. The van der Waals surface area contributed by atoms with E-state index in [9.17, 15) is 13.2 Å². The maximum Gasteiger partial charge on any atom is 0.276 e. The number of hydrogen-bond donors (Lipinski definition) is 2. The lowest BCUT2D eigenvalue weighted by atomic mass is 10.1. The highest BCUT2D eigenvalue weighted by Gasteiger charge is 2.34. The molecule has 0 fully saturated rings. The SMILES string of the molecule is C=C(C)[C@@H]1COc2c(cn(C)c2C(=O)Nc2ccc(C)c(C#N)c2)S(=O)(=O)N1. The van der Waals surface area contributed by atoms with Gasteiger partial charge in [-0.3, -0.25) is 4.79 Å². The van der Waals surface area contributed by atoms with Crippen LogP contribution in [0.5, 0.6) is 5.75 Å². The van der Waals surface area contributed by atoms with Gasteiger partial charge in [0.05, 0.1) is 17.7 Å². The van der Waals surface area contributed by atoms with Crippen LogP contribution in [0.25, 0.3) is 0 Å². The van der Waals surface area contributed by atoms with Crippen LogP contribution in [0.1, 0.15) is 28.5 Å². The lowest BCUT2D eigenvalue weighted by Gasteiger charge is -2.15. The molecule has 8 nitrogen and oxygen atoms in total. The third-order valence-corrected chi connectivity index (χ3v) is 5.97. The monoisotopic (exact) mass is 400 g/mol. The number of rotatable bonds is 3. The highest BCUT2D eigenvalue weighted by Crippen LogP contribution is 2.33. The minimum Gasteiger partial charge on any atom is -0.488 e. The van der Waals surface area contributed by atoms with Gasteiger partial charge in [0.1, 0.15) is 11.5 Å². The van der Waals surface area contributed by atoms with Gasteiger partial charge < -0.3 is 14.6 Å². The molecule has 2 heterocycles. The van der Waals surface area contributed by atoms with E-state index < -0.39 is 22.0 Å². The van der Waals surface area contributed by atoms with Crippen molar-refractivity contribution in [2.24, 2.45) is 7.05 Å². The van der Waals surface area contributed by atoms with Crippen molar-refractivity contribution < 1.29 is 17.9 Å². The molecule has 0 aliphatic carbocycles. The quantitative estimate of drug-likeness (QED) is 0.766. The highest BCUT2D eigenvalue weighted by atomic mass is 32.2. The first-order chi connectivity index (χ1) is 13.1. The van der Waals surface area contributed by atoms with Crippen molar-refractivity contribution in [3.05, 3.63) is 53.4 Å². The van der Waals surface area contributed by atoms with Gasteiger partial charge in [0.15, 0.2) is 11.4 Å². The molecule has 3 rings (SSSR count). The van der Waals surface area contributed by atoms with Crippen molar-refractivity contribution in [1.82, 2.24) is 9.29 Å². The molecule has 1 aromatic heterocycles. The van der Waals surface area contributed by atoms with Crippen LogP contribution in [0.3, 0.4) is 0 Å². The Morgan fingerprint density at radius 3 is 2.82 bits per heavy atom. The molecule has 1 atom stereocenters. The number of ether oxygens (including phenoxy) is 1. The van der Waals surface area contributed by atoms with Crippen LogP contribution in [0.15, 0.2) is 41.4 Å². The van der Waals surface area contributed by atoms with E-state index in [1.165, 1.54) is 10.8 Å². The van der Waals surface area contributed by atoms with Gasteiger partial charge in [0.2, 0.25) is 10.0 Å². The fraction of sp³-hybridized carbons (Fsp3) is 0.263. The topological polar surface area (TPSA) is 113 Å². The third kappa shape index (κ3) is 3.52. The molecular weight excluding hydrogens is 380 g/mol. The van der Waals surface area contributed by atoms with Crippen molar-refractivity contribution in [3.8, 4) is 11.8 Å². The molecule has 1 aliphatic heterocycles. The Hall–Kier alpha value is -3.09. The highest BCUT2D eigenvalue weighted by molar-refractivity contribution is 7.89. The first kappa shape index (κ1) is 19.7. The number of fused-ring (bicyclic) bond motifs is 1. The van der Waals surface area contributed by atoms with E-state index in [-0.39, 0.29) is 22.9 Å². The Bertz CT molecular complexity index is 1130. The van der Waals surface area contributed by atoms with Crippen molar-refractivity contribution in [2.75, 3.05) is 11.9 Å². The Balaban J connectivity index is 1.99. The van der Waals surface area contributed by atoms with Crippen LogP contribution < -0.4 is 14.8 Å². The van der Waals surface area contributed by atoms with Gasteiger partial charge in [-0.15, -0.1) is 0 Å². The number of anilines is 1. The van der Waals surface area contributed by atoms with Gasteiger partial charge in [-0.1, -0.05) is 18.2 Å². The number of aryl methyl sites for hydroxylation is 2. The number of benzene rings is 1. The average Bonchev–Trinajstić information content (AvgIpc) is 2.90. The van der Waals surface area contributed by atoms with Crippen LogP contribution in [0, 0.1) is 18.3 Å². The Morgan fingerprint density at radius 1 is 1.46 bits per heavy atom. The number of aromatic nitrogens is 1. The summed E-state index contributed by atoms with van der Waals surface area (Å²) in [4.78, 5) is 12.8. The van der Waals surface area contributed by atoms with E-state index in [0.29, 0.717) is 16.8 Å². The molecular formula is C19H20N4O4S. The number of carbonyl (C=O) groups excluding carboxylic acids is 1. The zero-order valence-electron chi connectivity index (χ0n) is 15.7. The molecule has 0 radical (unpaired) electrons. The molecule has 9 heteroatoms. The summed E-state index contributed by atoms with van der Waals surface area (Å²) in [5.41, 5.74) is 2.33. The van der Waals surface area contributed by atoms with E-state index in [2.05, 4.69) is 22.7 Å². The fourth-order valence-electron chi connectivity index (χ4n) is 2.87. The number of nitrogens with one attached hydrogen (secondary N) is 2. The second kappa shape index (κ2) is 7.14. The molecule has 1 aliphatic rings. The van der Waals surface area contributed by atoms with Crippen molar-refractivity contribution in [2.45, 2.75) is 24.8 Å². The predicted octanol–water partition coefficient (Wildman–Crippen LogP) is 2.07. The normalized spacial score (nSPS) is 17.6. The van der Waals surface area contributed by atoms with Crippen LogP contribution in [-0.2, 0) is 17.1 Å². The van der Waals surface area contributed by atoms with Gasteiger partial charge in [-0.05, 0) is 31.5 Å². The summed E-state index contributed by atoms with van der Waals surface area (Å²) >= 11 is 0. The molecule has 2 aromatic rings. The summed E-state index contributed by atoms with van der Waals surface area (Å²) in [6.45, 7) is 7.29. The van der Waals surface area contributed by atoms with E-state index >= 15 is 0 Å². The average molecular weight is 400 g/mol. The standard InChI is InChI=1S/C19H20N4O4S/c1-11(2)15-10-27-18-16(28(25,26)22-15)9-23(4)17(18)19(24)21-14-6-5-12(3)13(7-14)8-20/h5-7,9,15,22H,1,10H2,2-4H3,(H,21,24)/t15-/m0/s1. The third-order valence-electron chi connectivity index (χ3n) is 4.51. The zero-order valence-corrected chi connectivity index (χ0v) is 16.6. The number of sulfonamides is 1. The van der Waals surface area contributed by atoms with Crippen LogP contribution in [0.4, 0.5) is 5.69 Å². The van der Waals surface area contributed by atoms with Crippen molar-refractivity contribution in [3.63, 3.8) is 0 Å². The largest absolute Gasteiger partial charge is 0.488 e. The van der Waals surface area contributed by atoms with Gasteiger partial charge in [0, 0.05) is 18.9 Å². The van der Waals surface area contributed by atoms with Gasteiger partial charge in [-0.2, -0.15) is 5.26 Å². The van der Waals surface area contributed by atoms with E-state index in [4.69, 9.17) is 10.00 Å². The van der Waals surface area contributed by atoms with Crippen molar-refractivity contribution in [1.29, 1.82) is 5.26 Å².